The number of aromatic amines is 1. The number of halogens is 2. The number of benzene rings is 2. The summed E-state index contributed by atoms with van der Waals surface area (Å²) < 4.78 is 14.6. The highest BCUT2D eigenvalue weighted by molar-refractivity contribution is 9.10. The number of nitrogens with one attached hydrogen (secondary N) is 3. The highest BCUT2D eigenvalue weighted by Crippen LogP contribution is 2.19. The van der Waals surface area contributed by atoms with Crippen LogP contribution in [0.15, 0.2) is 53.0 Å². The van der Waals surface area contributed by atoms with Crippen LogP contribution in [0.4, 0.5) is 15.9 Å². The molecule has 0 aliphatic heterocycles. The first-order chi connectivity index (χ1) is 11.6. The third-order valence-corrected chi connectivity index (χ3v) is 3.73. The Balaban J connectivity index is 1.70. The standard InChI is InChI=1S/C16H13BrFN5O/c17-11-5-3-4-10(8-11)9-19-16(24)14-15(22-23-21-14)20-13-7-2-1-6-12(13)18/h1-8H,9H2,(H,19,24)(H2,20,21,22,23). The monoisotopic (exact) mass is 389 g/mol. The Labute approximate surface area is 145 Å². The maximum absolute atomic E-state index is 13.7. The van der Waals surface area contributed by atoms with Gasteiger partial charge in [0.2, 0.25) is 0 Å². The summed E-state index contributed by atoms with van der Waals surface area (Å²) >= 11 is 3.38. The number of para-hydroxylation sites is 1. The lowest BCUT2D eigenvalue weighted by atomic mass is 10.2. The predicted octanol–water partition coefficient (Wildman–Crippen LogP) is 3.38. The fourth-order valence-electron chi connectivity index (χ4n) is 2.08. The van der Waals surface area contributed by atoms with Gasteiger partial charge in [0.1, 0.15) is 5.82 Å². The molecular weight excluding hydrogens is 377 g/mol. The van der Waals surface area contributed by atoms with Gasteiger partial charge in [0.25, 0.3) is 5.91 Å². The molecule has 3 N–H and O–H groups in total. The van der Waals surface area contributed by atoms with Crippen LogP contribution in [0.5, 0.6) is 0 Å². The van der Waals surface area contributed by atoms with Crippen LogP contribution < -0.4 is 10.6 Å². The second-order valence-electron chi connectivity index (χ2n) is 4.94. The Morgan fingerprint density at radius 1 is 1.17 bits per heavy atom. The van der Waals surface area contributed by atoms with Crippen molar-refractivity contribution in [1.29, 1.82) is 0 Å². The van der Waals surface area contributed by atoms with Crippen molar-refractivity contribution >= 4 is 33.3 Å². The van der Waals surface area contributed by atoms with E-state index in [9.17, 15) is 9.18 Å². The number of nitrogens with zero attached hydrogens (tertiary/aromatic N) is 2. The Morgan fingerprint density at radius 2 is 2.00 bits per heavy atom. The Morgan fingerprint density at radius 3 is 2.79 bits per heavy atom. The van der Waals surface area contributed by atoms with Gasteiger partial charge in [0, 0.05) is 11.0 Å². The molecule has 0 unspecified atom stereocenters. The van der Waals surface area contributed by atoms with Crippen LogP contribution in [0, 0.1) is 5.82 Å². The van der Waals surface area contributed by atoms with E-state index in [4.69, 9.17) is 0 Å². The molecule has 2 aromatic carbocycles. The molecule has 6 nitrogen and oxygen atoms in total. The van der Waals surface area contributed by atoms with E-state index >= 15 is 0 Å². The molecule has 0 radical (unpaired) electrons. The van der Waals surface area contributed by atoms with Gasteiger partial charge in [-0.05, 0) is 29.8 Å². The van der Waals surface area contributed by atoms with Crippen molar-refractivity contribution in [1.82, 2.24) is 20.7 Å². The zero-order chi connectivity index (χ0) is 16.9. The van der Waals surface area contributed by atoms with Gasteiger partial charge in [-0.3, -0.25) is 4.79 Å². The van der Waals surface area contributed by atoms with Gasteiger partial charge in [-0.2, -0.15) is 5.21 Å². The molecule has 0 saturated carbocycles. The summed E-state index contributed by atoms with van der Waals surface area (Å²) in [5.41, 5.74) is 1.21. The van der Waals surface area contributed by atoms with Gasteiger partial charge >= 0.3 is 0 Å². The predicted molar refractivity (Wildman–Crippen MR) is 91.4 cm³/mol. The molecule has 0 fully saturated rings. The molecule has 1 aromatic heterocycles. The van der Waals surface area contributed by atoms with Gasteiger partial charge in [0.05, 0.1) is 5.69 Å². The summed E-state index contributed by atoms with van der Waals surface area (Å²) in [6.07, 6.45) is 0. The van der Waals surface area contributed by atoms with Crippen molar-refractivity contribution < 1.29 is 9.18 Å². The number of amides is 1. The zero-order valence-electron chi connectivity index (χ0n) is 12.4. The molecule has 0 saturated heterocycles. The van der Waals surface area contributed by atoms with E-state index in [1.54, 1.807) is 18.2 Å². The molecule has 8 heteroatoms. The van der Waals surface area contributed by atoms with Gasteiger partial charge in [-0.15, -0.1) is 10.2 Å². The van der Waals surface area contributed by atoms with E-state index in [2.05, 4.69) is 42.0 Å². The molecule has 0 spiro atoms. The van der Waals surface area contributed by atoms with Crippen LogP contribution in [0.2, 0.25) is 0 Å². The largest absolute Gasteiger partial charge is 0.346 e. The molecule has 3 aromatic rings. The van der Waals surface area contributed by atoms with Crippen molar-refractivity contribution in [3.8, 4) is 0 Å². The minimum Gasteiger partial charge on any atom is -0.346 e. The average molecular weight is 390 g/mol. The van der Waals surface area contributed by atoms with E-state index in [1.807, 2.05) is 24.3 Å². The highest BCUT2D eigenvalue weighted by atomic mass is 79.9. The van der Waals surface area contributed by atoms with Gasteiger partial charge in [0.15, 0.2) is 11.5 Å². The number of rotatable bonds is 5. The number of anilines is 2. The molecular formula is C16H13BrFN5O. The first kappa shape index (κ1) is 16.1. The van der Waals surface area contributed by atoms with Crippen molar-refractivity contribution in [3.63, 3.8) is 0 Å². The first-order valence-corrected chi connectivity index (χ1v) is 7.88. The number of H-pyrrole nitrogens is 1. The van der Waals surface area contributed by atoms with Crippen LogP contribution >= 0.6 is 15.9 Å². The zero-order valence-corrected chi connectivity index (χ0v) is 14.0. The maximum atomic E-state index is 13.7. The van der Waals surface area contributed by atoms with Crippen LogP contribution in [0.3, 0.4) is 0 Å². The lowest BCUT2D eigenvalue weighted by Gasteiger charge is -2.07. The van der Waals surface area contributed by atoms with Crippen LogP contribution in [-0.2, 0) is 6.54 Å². The summed E-state index contributed by atoms with van der Waals surface area (Å²) in [6.45, 7) is 0.338. The van der Waals surface area contributed by atoms with Crippen molar-refractivity contribution in [2.45, 2.75) is 6.54 Å². The SMILES string of the molecule is O=C(NCc1cccc(Br)c1)c1n[nH]nc1Nc1ccccc1F. The number of carbonyl (C=O) groups excluding carboxylic acids is 1. The van der Waals surface area contributed by atoms with Gasteiger partial charge in [-0.1, -0.05) is 40.2 Å². The lowest BCUT2D eigenvalue weighted by molar-refractivity contribution is 0.0946. The second kappa shape index (κ2) is 7.22. The van der Waals surface area contributed by atoms with Crippen molar-refractivity contribution in [2.24, 2.45) is 0 Å². The molecule has 1 heterocycles. The topological polar surface area (TPSA) is 82.7 Å². The molecule has 0 aliphatic carbocycles. The third kappa shape index (κ3) is 3.77. The van der Waals surface area contributed by atoms with E-state index in [0.717, 1.165) is 10.0 Å². The summed E-state index contributed by atoms with van der Waals surface area (Å²) in [7, 11) is 0. The van der Waals surface area contributed by atoms with Crippen LogP contribution in [-0.4, -0.2) is 21.3 Å². The van der Waals surface area contributed by atoms with E-state index in [1.165, 1.54) is 6.07 Å². The fourth-order valence-corrected chi connectivity index (χ4v) is 2.53. The summed E-state index contributed by atoms with van der Waals surface area (Å²) in [5, 5.41) is 15.6. The molecule has 24 heavy (non-hydrogen) atoms. The molecule has 0 atom stereocenters. The fraction of sp³-hybridized carbons (Fsp3) is 0.0625. The van der Waals surface area contributed by atoms with E-state index in [-0.39, 0.29) is 17.2 Å². The summed E-state index contributed by atoms with van der Waals surface area (Å²) in [6, 6.07) is 13.7. The third-order valence-electron chi connectivity index (χ3n) is 3.23. The molecule has 1 amide bonds. The Bertz CT molecular complexity index is 867. The number of aromatic nitrogens is 3. The number of hydrogen-bond acceptors (Lipinski definition) is 4. The molecule has 0 aliphatic rings. The van der Waals surface area contributed by atoms with E-state index < -0.39 is 11.7 Å². The van der Waals surface area contributed by atoms with Crippen LogP contribution in [0.25, 0.3) is 0 Å². The number of carbonyl (C=O) groups is 1. The van der Waals surface area contributed by atoms with Gasteiger partial charge < -0.3 is 10.6 Å². The summed E-state index contributed by atoms with van der Waals surface area (Å²) in [5.74, 6) is -0.699. The first-order valence-electron chi connectivity index (χ1n) is 7.08. The van der Waals surface area contributed by atoms with Crippen molar-refractivity contribution in [3.05, 3.63) is 70.1 Å². The smallest absolute Gasteiger partial charge is 0.275 e. The van der Waals surface area contributed by atoms with E-state index in [0.29, 0.717) is 6.54 Å². The minimum absolute atomic E-state index is 0.0632. The Hall–Kier alpha value is -2.74. The quantitative estimate of drug-likeness (QED) is 0.624. The minimum atomic E-state index is -0.444. The highest BCUT2D eigenvalue weighted by Gasteiger charge is 2.17. The molecule has 3 rings (SSSR count). The normalized spacial score (nSPS) is 10.4. The van der Waals surface area contributed by atoms with Gasteiger partial charge in [-0.25, -0.2) is 4.39 Å². The average Bonchev–Trinajstić information content (AvgIpc) is 3.03. The lowest BCUT2D eigenvalue weighted by Crippen LogP contribution is -2.24. The Kier molecular flexibility index (Phi) is 4.85. The maximum Gasteiger partial charge on any atom is 0.275 e. The number of hydrogen-bond donors (Lipinski definition) is 3. The summed E-state index contributed by atoms with van der Waals surface area (Å²) in [4.78, 5) is 12.3. The molecule has 0 bridgehead atoms. The molecule has 122 valence electrons. The second-order valence-corrected chi connectivity index (χ2v) is 5.85. The van der Waals surface area contributed by atoms with Crippen molar-refractivity contribution in [2.75, 3.05) is 5.32 Å². The van der Waals surface area contributed by atoms with Crippen LogP contribution in [0.1, 0.15) is 16.1 Å².